The summed E-state index contributed by atoms with van der Waals surface area (Å²) in [6, 6.07) is 2.84. The van der Waals surface area contributed by atoms with Crippen molar-refractivity contribution in [3.05, 3.63) is 29.3 Å². The first-order valence-electron chi connectivity index (χ1n) is 6.39. The summed E-state index contributed by atoms with van der Waals surface area (Å²) in [5.41, 5.74) is 0.653. The zero-order chi connectivity index (χ0) is 13.5. The highest BCUT2D eigenvalue weighted by Gasteiger charge is 2.12. The summed E-state index contributed by atoms with van der Waals surface area (Å²) in [6.07, 6.45) is 1.02. The van der Waals surface area contributed by atoms with Crippen LogP contribution in [0.3, 0.4) is 0 Å². The maximum Gasteiger partial charge on any atom is 0.140 e. The molecule has 1 unspecified atom stereocenters. The Labute approximate surface area is 112 Å². The summed E-state index contributed by atoms with van der Waals surface area (Å²) in [7, 11) is 0. The Morgan fingerprint density at radius 2 is 1.83 bits per heavy atom. The van der Waals surface area contributed by atoms with Gasteiger partial charge in [-0.05, 0) is 30.2 Å². The molecule has 0 fully saturated rings. The second kappa shape index (κ2) is 7.74. The van der Waals surface area contributed by atoms with Crippen LogP contribution in [0.1, 0.15) is 32.8 Å². The van der Waals surface area contributed by atoms with Crippen LogP contribution >= 0.6 is 11.8 Å². The van der Waals surface area contributed by atoms with E-state index in [4.69, 9.17) is 0 Å². The fraction of sp³-hybridized carbons (Fsp3) is 0.571. The maximum atomic E-state index is 13.8. The van der Waals surface area contributed by atoms with Gasteiger partial charge in [0.25, 0.3) is 0 Å². The Hall–Kier alpha value is -0.610. The molecule has 1 rings (SSSR count). The Kier molecular flexibility index (Phi) is 6.65. The Bertz CT molecular complexity index is 359. The molecule has 0 spiro atoms. The number of rotatable bonds is 7. The van der Waals surface area contributed by atoms with E-state index in [-0.39, 0.29) is 4.90 Å². The second-order valence-corrected chi connectivity index (χ2v) is 5.52. The van der Waals surface area contributed by atoms with E-state index in [1.165, 1.54) is 23.9 Å². The number of thioether (sulfide) groups is 1. The molecule has 1 nitrogen and oxygen atoms in total. The van der Waals surface area contributed by atoms with Crippen LogP contribution in [0.2, 0.25) is 0 Å². The molecule has 0 aromatic heterocycles. The van der Waals surface area contributed by atoms with Crippen molar-refractivity contribution >= 4 is 11.8 Å². The first-order chi connectivity index (χ1) is 8.58. The van der Waals surface area contributed by atoms with E-state index in [0.29, 0.717) is 18.0 Å². The number of hydrogen-bond acceptors (Lipinski definition) is 2. The summed E-state index contributed by atoms with van der Waals surface area (Å²) >= 11 is 1.27. The van der Waals surface area contributed by atoms with E-state index >= 15 is 0 Å². The van der Waals surface area contributed by atoms with Gasteiger partial charge in [0.15, 0.2) is 0 Å². The van der Waals surface area contributed by atoms with E-state index in [2.05, 4.69) is 19.2 Å². The fourth-order valence-electron chi connectivity index (χ4n) is 1.47. The molecule has 102 valence electrons. The lowest BCUT2D eigenvalue weighted by Crippen LogP contribution is -2.12. The van der Waals surface area contributed by atoms with Gasteiger partial charge in [-0.15, -0.1) is 11.8 Å². The number of benzene rings is 1. The van der Waals surface area contributed by atoms with Crippen LogP contribution in [0, 0.1) is 17.6 Å². The molecule has 0 saturated heterocycles. The van der Waals surface area contributed by atoms with Gasteiger partial charge in [0.2, 0.25) is 0 Å². The molecule has 0 saturated carbocycles. The van der Waals surface area contributed by atoms with E-state index < -0.39 is 11.6 Å². The first kappa shape index (κ1) is 15.4. The standard InChI is InChI=1S/C14H21F2NS/c1-4-10(3)9-18-14-12(15)6-11(7-13(14)16)8-17-5-2/h6-7,10,17H,4-5,8-9H2,1-3H3. The minimum Gasteiger partial charge on any atom is -0.313 e. The average molecular weight is 273 g/mol. The molecule has 0 aliphatic carbocycles. The summed E-state index contributed by atoms with van der Waals surface area (Å²) < 4.78 is 27.6. The molecule has 0 heterocycles. The number of halogens is 2. The molecule has 0 radical (unpaired) electrons. The van der Waals surface area contributed by atoms with Crippen LogP contribution in [0.25, 0.3) is 0 Å². The summed E-state index contributed by atoms with van der Waals surface area (Å²) in [5, 5.41) is 3.06. The normalized spacial score (nSPS) is 12.7. The van der Waals surface area contributed by atoms with Gasteiger partial charge in [-0.2, -0.15) is 0 Å². The van der Waals surface area contributed by atoms with E-state index in [1.54, 1.807) is 0 Å². The summed E-state index contributed by atoms with van der Waals surface area (Å²) in [5.74, 6) is 0.319. The van der Waals surface area contributed by atoms with Crippen molar-refractivity contribution in [2.24, 2.45) is 5.92 Å². The lowest BCUT2D eigenvalue weighted by atomic mass is 10.2. The topological polar surface area (TPSA) is 12.0 Å². The van der Waals surface area contributed by atoms with Crippen LogP contribution in [0.4, 0.5) is 8.78 Å². The zero-order valence-electron chi connectivity index (χ0n) is 11.2. The van der Waals surface area contributed by atoms with Crippen LogP contribution in [-0.4, -0.2) is 12.3 Å². The van der Waals surface area contributed by atoms with Crippen molar-refractivity contribution in [3.63, 3.8) is 0 Å². The van der Waals surface area contributed by atoms with Gasteiger partial charge in [0.1, 0.15) is 11.6 Å². The largest absolute Gasteiger partial charge is 0.313 e. The molecule has 1 aromatic rings. The Morgan fingerprint density at radius 3 is 2.33 bits per heavy atom. The Balaban J connectivity index is 2.74. The molecular weight excluding hydrogens is 252 g/mol. The number of hydrogen-bond donors (Lipinski definition) is 1. The molecule has 0 aliphatic heterocycles. The lowest BCUT2D eigenvalue weighted by molar-refractivity contribution is 0.534. The van der Waals surface area contributed by atoms with Gasteiger partial charge in [-0.25, -0.2) is 8.78 Å². The highest BCUT2D eigenvalue weighted by Crippen LogP contribution is 2.28. The molecular formula is C14H21F2NS. The Morgan fingerprint density at radius 1 is 1.22 bits per heavy atom. The van der Waals surface area contributed by atoms with Crippen LogP contribution in [-0.2, 0) is 6.54 Å². The SMILES string of the molecule is CCNCc1cc(F)c(SCC(C)CC)c(F)c1. The van der Waals surface area contributed by atoms with Gasteiger partial charge >= 0.3 is 0 Å². The predicted octanol–water partition coefficient (Wildman–Crippen LogP) is 4.21. The zero-order valence-corrected chi connectivity index (χ0v) is 12.0. The van der Waals surface area contributed by atoms with Gasteiger partial charge in [-0.1, -0.05) is 27.2 Å². The highest BCUT2D eigenvalue weighted by molar-refractivity contribution is 7.99. The third-order valence-corrected chi connectivity index (χ3v) is 4.26. The van der Waals surface area contributed by atoms with Gasteiger partial charge in [0, 0.05) is 12.3 Å². The van der Waals surface area contributed by atoms with Crippen molar-refractivity contribution < 1.29 is 8.78 Å². The minimum absolute atomic E-state index is 0.149. The molecule has 0 bridgehead atoms. The molecule has 18 heavy (non-hydrogen) atoms. The van der Waals surface area contributed by atoms with Gasteiger partial charge in [-0.3, -0.25) is 0 Å². The van der Waals surface area contributed by atoms with Crippen molar-refractivity contribution in [2.75, 3.05) is 12.3 Å². The number of nitrogens with one attached hydrogen (secondary N) is 1. The third kappa shape index (κ3) is 4.58. The monoisotopic (exact) mass is 273 g/mol. The van der Waals surface area contributed by atoms with Crippen LogP contribution in [0.5, 0.6) is 0 Å². The predicted molar refractivity (Wildman–Crippen MR) is 73.9 cm³/mol. The van der Waals surface area contributed by atoms with Crippen molar-refractivity contribution in [3.8, 4) is 0 Å². The smallest absolute Gasteiger partial charge is 0.140 e. The molecule has 0 aliphatic rings. The van der Waals surface area contributed by atoms with Gasteiger partial charge in [0.05, 0.1) is 4.90 Å². The lowest BCUT2D eigenvalue weighted by Gasteiger charge is -2.11. The molecule has 1 N–H and O–H groups in total. The quantitative estimate of drug-likeness (QED) is 0.747. The second-order valence-electron chi connectivity index (χ2n) is 4.49. The summed E-state index contributed by atoms with van der Waals surface area (Å²) in [6.45, 7) is 7.41. The first-order valence-corrected chi connectivity index (χ1v) is 7.38. The van der Waals surface area contributed by atoms with E-state index in [1.807, 2.05) is 6.92 Å². The highest BCUT2D eigenvalue weighted by atomic mass is 32.2. The molecule has 1 aromatic carbocycles. The third-order valence-electron chi connectivity index (χ3n) is 2.85. The van der Waals surface area contributed by atoms with Gasteiger partial charge < -0.3 is 5.32 Å². The minimum atomic E-state index is -0.448. The van der Waals surface area contributed by atoms with Crippen LogP contribution < -0.4 is 5.32 Å². The van der Waals surface area contributed by atoms with Crippen molar-refractivity contribution in [1.29, 1.82) is 0 Å². The molecule has 0 amide bonds. The van der Waals surface area contributed by atoms with Crippen LogP contribution in [0.15, 0.2) is 17.0 Å². The average Bonchev–Trinajstić information content (AvgIpc) is 2.34. The van der Waals surface area contributed by atoms with Crippen molar-refractivity contribution in [2.45, 2.75) is 38.6 Å². The molecule has 4 heteroatoms. The van der Waals surface area contributed by atoms with E-state index in [9.17, 15) is 8.78 Å². The van der Waals surface area contributed by atoms with E-state index in [0.717, 1.165) is 18.7 Å². The fourth-order valence-corrected chi connectivity index (χ4v) is 2.55. The van der Waals surface area contributed by atoms with Crippen molar-refractivity contribution in [1.82, 2.24) is 5.32 Å². The summed E-state index contributed by atoms with van der Waals surface area (Å²) in [4.78, 5) is 0.149. The molecule has 1 atom stereocenters. The maximum absolute atomic E-state index is 13.8.